The van der Waals surface area contributed by atoms with Crippen LogP contribution in [0.3, 0.4) is 0 Å². The molecule has 0 rings (SSSR count). The quantitative estimate of drug-likeness (QED) is 0.152. The van der Waals surface area contributed by atoms with E-state index >= 15 is 0 Å². The lowest BCUT2D eigenvalue weighted by molar-refractivity contribution is -0.143. The largest absolute Gasteiger partial charge is 0.481 e. The van der Waals surface area contributed by atoms with E-state index in [1.165, 1.54) is 6.92 Å². The SMILES string of the molecule is C[C@H](NC(=O)[C@H](CCCCN)NC(=O)CN)C(=O)N[C@@H](CCC(=O)O)C(=O)O. The summed E-state index contributed by atoms with van der Waals surface area (Å²) >= 11 is 0. The molecule has 9 N–H and O–H groups in total. The monoisotopic (exact) mass is 403 g/mol. The van der Waals surface area contributed by atoms with Crippen molar-refractivity contribution in [1.82, 2.24) is 16.0 Å². The van der Waals surface area contributed by atoms with Gasteiger partial charge in [-0.15, -0.1) is 0 Å². The molecule has 0 aliphatic rings. The summed E-state index contributed by atoms with van der Waals surface area (Å²) in [6, 6.07) is -3.42. The van der Waals surface area contributed by atoms with Gasteiger partial charge in [-0.1, -0.05) is 0 Å². The average molecular weight is 403 g/mol. The minimum absolute atomic E-state index is 0.291. The minimum Gasteiger partial charge on any atom is -0.481 e. The molecule has 0 fully saturated rings. The molecule has 0 heterocycles. The topological polar surface area (TPSA) is 214 Å². The molecule has 0 aliphatic heterocycles. The highest BCUT2D eigenvalue weighted by molar-refractivity contribution is 5.93. The summed E-state index contributed by atoms with van der Waals surface area (Å²) in [7, 11) is 0. The number of carboxylic acids is 2. The second-order valence-electron chi connectivity index (χ2n) is 6.17. The Morgan fingerprint density at radius 3 is 2.00 bits per heavy atom. The van der Waals surface area contributed by atoms with Gasteiger partial charge in [0.2, 0.25) is 17.7 Å². The molecule has 0 saturated carbocycles. The molecule has 0 spiro atoms. The average Bonchev–Trinajstić information content (AvgIpc) is 2.63. The van der Waals surface area contributed by atoms with Crippen LogP contribution in [0.25, 0.3) is 0 Å². The van der Waals surface area contributed by atoms with Crippen LogP contribution < -0.4 is 27.4 Å². The summed E-state index contributed by atoms with van der Waals surface area (Å²) in [6.07, 6.45) is 0.760. The fourth-order valence-electron chi connectivity index (χ4n) is 2.22. The first-order valence-electron chi connectivity index (χ1n) is 8.87. The van der Waals surface area contributed by atoms with Gasteiger partial charge in [-0.3, -0.25) is 19.2 Å². The summed E-state index contributed by atoms with van der Waals surface area (Å²) in [5.41, 5.74) is 10.6. The zero-order valence-corrected chi connectivity index (χ0v) is 15.8. The standard InChI is InChI=1S/C16H29N5O7/c1-9(14(25)21-11(16(27)28)5-6-13(23)24)19-15(26)10(4-2-3-7-17)20-12(22)8-18/h9-11H,2-8,17-18H2,1H3,(H,19,26)(H,20,22)(H,21,25)(H,23,24)(H,27,28)/t9-,10-,11-/m0/s1. The number of nitrogens with one attached hydrogen (secondary N) is 3. The van der Waals surface area contributed by atoms with Gasteiger partial charge in [-0.25, -0.2) is 4.79 Å². The number of rotatable bonds is 14. The lowest BCUT2D eigenvalue weighted by Gasteiger charge is -2.22. The second-order valence-corrected chi connectivity index (χ2v) is 6.17. The van der Waals surface area contributed by atoms with Crippen LogP contribution in [0, 0.1) is 0 Å². The third kappa shape index (κ3) is 10.4. The summed E-state index contributed by atoms with van der Waals surface area (Å²) < 4.78 is 0. The number of hydrogen-bond acceptors (Lipinski definition) is 7. The van der Waals surface area contributed by atoms with Gasteiger partial charge < -0.3 is 37.6 Å². The van der Waals surface area contributed by atoms with Crippen LogP contribution >= 0.6 is 0 Å². The van der Waals surface area contributed by atoms with Crippen LogP contribution in [0.5, 0.6) is 0 Å². The van der Waals surface area contributed by atoms with Crippen LogP contribution in [0.4, 0.5) is 0 Å². The maximum Gasteiger partial charge on any atom is 0.326 e. The first-order valence-corrected chi connectivity index (χ1v) is 8.87. The molecule has 0 radical (unpaired) electrons. The van der Waals surface area contributed by atoms with Crippen molar-refractivity contribution in [1.29, 1.82) is 0 Å². The Hall–Kier alpha value is -2.73. The van der Waals surface area contributed by atoms with Gasteiger partial charge >= 0.3 is 11.9 Å². The van der Waals surface area contributed by atoms with Gasteiger partial charge in [0.15, 0.2) is 0 Å². The van der Waals surface area contributed by atoms with Crippen molar-refractivity contribution in [2.45, 2.75) is 57.2 Å². The predicted octanol–water partition coefficient (Wildman–Crippen LogP) is -2.50. The lowest BCUT2D eigenvalue weighted by atomic mass is 10.1. The van der Waals surface area contributed by atoms with E-state index in [-0.39, 0.29) is 13.0 Å². The maximum atomic E-state index is 12.4. The fraction of sp³-hybridized carbons (Fsp3) is 0.688. The Balaban J connectivity index is 4.85. The van der Waals surface area contributed by atoms with Crippen molar-refractivity contribution in [2.75, 3.05) is 13.1 Å². The Labute approximate surface area is 162 Å². The molecule has 12 nitrogen and oxygen atoms in total. The molecule has 0 aromatic carbocycles. The zero-order chi connectivity index (χ0) is 21.7. The van der Waals surface area contributed by atoms with Crippen molar-refractivity contribution in [3.05, 3.63) is 0 Å². The fourth-order valence-corrected chi connectivity index (χ4v) is 2.22. The summed E-state index contributed by atoms with van der Waals surface area (Å²) in [5, 5.41) is 24.7. The molecule has 160 valence electrons. The first-order chi connectivity index (χ1) is 13.1. The smallest absolute Gasteiger partial charge is 0.326 e. The van der Waals surface area contributed by atoms with Gasteiger partial charge in [-0.2, -0.15) is 0 Å². The Kier molecular flexibility index (Phi) is 12.1. The molecule has 0 bridgehead atoms. The van der Waals surface area contributed by atoms with Crippen LogP contribution in [0.1, 0.15) is 39.0 Å². The number of amides is 3. The van der Waals surface area contributed by atoms with Crippen molar-refractivity contribution in [2.24, 2.45) is 11.5 Å². The molecule has 3 amide bonds. The highest BCUT2D eigenvalue weighted by Crippen LogP contribution is 2.03. The van der Waals surface area contributed by atoms with E-state index in [4.69, 9.17) is 21.7 Å². The number of aliphatic carboxylic acids is 2. The van der Waals surface area contributed by atoms with Crippen LogP contribution in [-0.2, 0) is 24.0 Å². The molecule has 0 aromatic heterocycles. The first kappa shape index (κ1) is 25.3. The van der Waals surface area contributed by atoms with E-state index < -0.39 is 54.2 Å². The van der Waals surface area contributed by atoms with Crippen LogP contribution in [-0.4, -0.2) is 71.1 Å². The zero-order valence-electron chi connectivity index (χ0n) is 15.8. The van der Waals surface area contributed by atoms with Gasteiger partial charge in [-0.05, 0) is 39.2 Å². The summed E-state index contributed by atoms with van der Waals surface area (Å²) in [5.74, 6) is -4.54. The van der Waals surface area contributed by atoms with Crippen LogP contribution in [0.15, 0.2) is 0 Å². The number of unbranched alkanes of at least 4 members (excludes halogenated alkanes) is 1. The molecular formula is C16H29N5O7. The lowest BCUT2D eigenvalue weighted by Crippen LogP contribution is -2.55. The van der Waals surface area contributed by atoms with Crippen LogP contribution in [0.2, 0.25) is 0 Å². The summed E-state index contributed by atoms with van der Waals surface area (Å²) in [6.45, 7) is 1.45. The number of carboxylic acid groups (broad SMARTS) is 2. The van der Waals surface area contributed by atoms with Crippen molar-refractivity contribution in [3.8, 4) is 0 Å². The number of hydrogen-bond donors (Lipinski definition) is 7. The third-order valence-electron chi connectivity index (χ3n) is 3.80. The second kappa shape index (κ2) is 13.4. The minimum atomic E-state index is -1.40. The van der Waals surface area contributed by atoms with Crippen molar-refractivity contribution < 1.29 is 34.2 Å². The molecule has 0 aliphatic carbocycles. The maximum absolute atomic E-state index is 12.4. The van der Waals surface area contributed by atoms with E-state index in [2.05, 4.69) is 16.0 Å². The predicted molar refractivity (Wildman–Crippen MR) is 97.9 cm³/mol. The molecule has 3 atom stereocenters. The highest BCUT2D eigenvalue weighted by Gasteiger charge is 2.27. The molecule has 0 unspecified atom stereocenters. The van der Waals surface area contributed by atoms with Crippen molar-refractivity contribution >= 4 is 29.7 Å². The molecule has 0 saturated heterocycles. The summed E-state index contributed by atoms with van der Waals surface area (Å²) in [4.78, 5) is 57.7. The third-order valence-corrected chi connectivity index (χ3v) is 3.80. The number of carbonyl (C=O) groups is 5. The van der Waals surface area contributed by atoms with E-state index in [0.29, 0.717) is 25.8 Å². The van der Waals surface area contributed by atoms with Gasteiger partial charge in [0.25, 0.3) is 0 Å². The van der Waals surface area contributed by atoms with Crippen molar-refractivity contribution in [3.63, 3.8) is 0 Å². The Morgan fingerprint density at radius 2 is 1.50 bits per heavy atom. The van der Waals surface area contributed by atoms with Gasteiger partial charge in [0, 0.05) is 6.42 Å². The van der Waals surface area contributed by atoms with E-state index in [1.807, 2.05) is 0 Å². The number of nitrogens with two attached hydrogens (primary N) is 2. The molecule has 0 aromatic rings. The van der Waals surface area contributed by atoms with E-state index in [1.54, 1.807) is 0 Å². The van der Waals surface area contributed by atoms with Gasteiger partial charge in [0.1, 0.15) is 18.1 Å². The van der Waals surface area contributed by atoms with E-state index in [0.717, 1.165) is 0 Å². The number of carbonyl (C=O) groups excluding carboxylic acids is 3. The van der Waals surface area contributed by atoms with Gasteiger partial charge in [0.05, 0.1) is 6.54 Å². The molecule has 12 heteroatoms. The molecule has 28 heavy (non-hydrogen) atoms. The molecular weight excluding hydrogens is 374 g/mol. The van der Waals surface area contributed by atoms with E-state index in [9.17, 15) is 24.0 Å². The highest BCUT2D eigenvalue weighted by atomic mass is 16.4. The Bertz CT molecular complexity index is 570. The normalized spacial score (nSPS) is 13.7. The Morgan fingerprint density at radius 1 is 0.857 bits per heavy atom.